The highest BCUT2D eigenvalue weighted by atomic mass is 35.5. The molecular weight excluding hydrogens is 290 g/mol. The number of ether oxygens (including phenoxy) is 2. The van der Waals surface area contributed by atoms with Crippen molar-refractivity contribution in [3.8, 4) is 11.6 Å². The SMILES string of the molecule is COCc1nc(Cl)cc(Oc2ccc3cccnc3c2)n1. The molecule has 0 unspecified atom stereocenters. The van der Waals surface area contributed by atoms with E-state index in [1.807, 2.05) is 30.3 Å². The summed E-state index contributed by atoms with van der Waals surface area (Å²) in [6.45, 7) is 0.274. The maximum atomic E-state index is 5.95. The Kier molecular flexibility index (Phi) is 3.94. The van der Waals surface area contributed by atoms with Crippen molar-refractivity contribution in [1.82, 2.24) is 15.0 Å². The molecule has 3 aromatic rings. The molecule has 5 nitrogen and oxygen atoms in total. The molecule has 2 heterocycles. The molecule has 2 aromatic heterocycles. The minimum absolute atomic E-state index is 0.274. The predicted octanol–water partition coefficient (Wildman–Crippen LogP) is 3.62. The van der Waals surface area contributed by atoms with Gasteiger partial charge >= 0.3 is 0 Å². The number of pyridine rings is 1. The van der Waals surface area contributed by atoms with Crippen LogP contribution in [0.3, 0.4) is 0 Å². The van der Waals surface area contributed by atoms with Crippen LogP contribution in [-0.2, 0) is 11.3 Å². The highest BCUT2D eigenvalue weighted by Crippen LogP contribution is 2.24. The summed E-state index contributed by atoms with van der Waals surface area (Å²) in [6, 6.07) is 11.1. The Morgan fingerprint density at radius 3 is 2.90 bits per heavy atom. The van der Waals surface area contributed by atoms with Gasteiger partial charge in [0.25, 0.3) is 0 Å². The second kappa shape index (κ2) is 6.03. The van der Waals surface area contributed by atoms with Crippen LogP contribution >= 0.6 is 11.6 Å². The maximum Gasteiger partial charge on any atom is 0.224 e. The van der Waals surface area contributed by atoms with Gasteiger partial charge in [0.2, 0.25) is 5.88 Å². The van der Waals surface area contributed by atoms with Gasteiger partial charge in [0.15, 0.2) is 5.82 Å². The number of hydrogen-bond acceptors (Lipinski definition) is 5. The summed E-state index contributed by atoms with van der Waals surface area (Å²) in [5.41, 5.74) is 0.854. The summed E-state index contributed by atoms with van der Waals surface area (Å²) in [5.74, 6) is 1.48. The van der Waals surface area contributed by atoms with Gasteiger partial charge in [0.05, 0.1) is 5.52 Å². The lowest BCUT2D eigenvalue weighted by atomic mass is 10.2. The van der Waals surface area contributed by atoms with E-state index in [-0.39, 0.29) is 6.61 Å². The molecule has 0 N–H and O–H groups in total. The molecule has 0 aliphatic rings. The van der Waals surface area contributed by atoms with Gasteiger partial charge in [0.1, 0.15) is 17.5 Å². The molecule has 0 spiro atoms. The van der Waals surface area contributed by atoms with Crippen molar-refractivity contribution in [2.45, 2.75) is 6.61 Å². The molecule has 0 fully saturated rings. The lowest BCUT2D eigenvalue weighted by molar-refractivity contribution is 0.177. The number of fused-ring (bicyclic) bond motifs is 1. The van der Waals surface area contributed by atoms with Crippen LogP contribution in [0.25, 0.3) is 10.9 Å². The highest BCUT2D eigenvalue weighted by Gasteiger charge is 2.06. The van der Waals surface area contributed by atoms with Crippen LogP contribution in [0.4, 0.5) is 0 Å². The average molecular weight is 302 g/mol. The first-order chi connectivity index (χ1) is 10.2. The zero-order valence-electron chi connectivity index (χ0n) is 11.3. The quantitative estimate of drug-likeness (QED) is 0.689. The summed E-state index contributed by atoms with van der Waals surface area (Å²) in [6.07, 6.45) is 1.74. The number of halogens is 1. The number of rotatable bonds is 4. The molecule has 6 heteroatoms. The minimum Gasteiger partial charge on any atom is -0.439 e. The smallest absolute Gasteiger partial charge is 0.224 e. The second-order valence-electron chi connectivity index (χ2n) is 4.34. The monoisotopic (exact) mass is 301 g/mol. The van der Waals surface area contributed by atoms with Gasteiger partial charge in [-0.05, 0) is 18.2 Å². The number of hydrogen-bond donors (Lipinski definition) is 0. The Labute approximate surface area is 126 Å². The molecule has 0 bridgehead atoms. The fourth-order valence-electron chi connectivity index (χ4n) is 1.92. The standard InChI is InChI=1S/C15H12ClN3O2/c1-20-9-14-18-13(16)8-15(19-14)21-11-5-4-10-3-2-6-17-12(10)7-11/h2-8H,9H2,1H3. The molecule has 0 saturated heterocycles. The summed E-state index contributed by atoms with van der Waals surface area (Å²) in [7, 11) is 1.57. The van der Waals surface area contributed by atoms with Crippen LogP contribution in [0.5, 0.6) is 11.6 Å². The molecule has 106 valence electrons. The number of benzene rings is 1. The van der Waals surface area contributed by atoms with Gasteiger partial charge in [-0.2, -0.15) is 4.98 Å². The van der Waals surface area contributed by atoms with Crippen LogP contribution in [-0.4, -0.2) is 22.1 Å². The van der Waals surface area contributed by atoms with Crippen molar-refractivity contribution in [2.75, 3.05) is 7.11 Å². The second-order valence-corrected chi connectivity index (χ2v) is 4.73. The zero-order chi connectivity index (χ0) is 14.7. The Morgan fingerprint density at radius 2 is 2.05 bits per heavy atom. The van der Waals surface area contributed by atoms with Gasteiger partial charge in [0, 0.05) is 30.8 Å². The maximum absolute atomic E-state index is 5.95. The Balaban J connectivity index is 1.90. The molecule has 0 amide bonds. The molecular formula is C15H12ClN3O2. The van der Waals surface area contributed by atoms with E-state index < -0.39 is 0 Å². The predicted molar refractivity (Wildman–Crippen MR) is 79.6 cm³/mol. The van der Waals surface area contributed by atoms with E-state index in [1.54, 1.807) is 19.4 Å². The molecule has 0 saturated carbocycles. The number of nitrogens with zero attached hydrogens (tertiary/aromatic N) is 3. The highest BCUT2D eigenvalue weighted by molar-refractivity contribution is 6.29. The molecule has 0 radical (unpaired) electrons. The average Bonchev–Trinajstić information content (AvgIpc) is 2.47. The summed E-state index contributed by atoms with van der Waals surface area (Å²) < 4.78 is 10.7. The minimum atomic E-state index is 0.274. The van der Waals surface area contributed by atoms with Crippen molar-refractivity contribution in [2.24, 2.45) is 0 Å². The Morgan fingerprint density at radius 1 is 1.14 bits per heavy atom. The van der Waals surface area contributed by atoms with E-state index in [0.717, 1.165) is 10.9 Å². The lowest BCUT2D eigenvalue weighted by Gasteiger charge is -2.07. The van der Waals surface area contributed by atoms with Crippen LogP contribution in [0.15, 0.2) is 42.6 Å². The molecule has 3 rings (SSSR count). The van der Waals surface area contributed by atoms with Crippen molar-refractivity contribution in [3.05, 3.63) is 53.6 Å². The first kappa shape index (κ1) is 13.7. The summed E-state index contributed by atoms with van der Waals surface area (Å²) >= 11 is 5.95. The van der Waals surface area contributed by atoms with E-state index in [4.69, 9.17) is 21.1 Å². The molecule has 21 heavy (non-hydrogen) atoms. The molecule has 0 atom stereocenters. The van der Waals surface area contributed by atoms with Gasteiger partial charge in [-0.15, -0.1) is 0 Å². The normalized spacial score (nSPS) is 10.8. The first-order valence-corrected chi connectivity index (χ1v) is 6.67. The van der Waals surface area contributed by atoms with Crippen molar-refractivity contribution >= 4 is 22.5 Å². The lowest BCUT2D eigenvalue weighted by Crippen LogP contribution is -1.99. The van der Waals surface area contributed by atoms with E-state index in [9.17, 15) is 0 Å². The van der Waals surface area contributed by atoms with Crippen molar-refractivity contribution in [3.63, 3.8) is 0 Å². The fourth-order valence-corrected chi connectivity index (χ4v) is 2.11. The molecule has 0 aliphatic heterocycles. The third-order valence-corrected chi connectivity index (χ3v) is 2.98. The third kappa shape index (κ3) is 3.26. The van der Waals surface area contributed by atoms with Crippen molar-refractivity contribution < 1.29 is 9.47 Å². The zero-order valence-corrected chi connectivity index (χ0v) is 12.0. The molecule has 0 aliphatic carbocycles. The van der Waals surface area contributed by atoms with Crippen LogP contribution in [0.2, 0.25) is 5.15 Å². The van der Waals surface area contributed by atoms with E-state index >= 15 is 0 Å². The first-order valence-electron chi connectivity index (χ1n) is 6.29. The van der Waals surface area contributed by atoms with Gasteiger partial charge in [-0.1, -0.05) is 17.7 Å². The Bertz CT molecular complexity index is 780. The van der Waals surface area contributed by atoms with Crippen LogP contribution in [0, 0.1) is 0 Å². The number of methoxy groups -OCH3 is 1. The van der Waals surface area contributed by atoms with E-state index in [2.05, 4.69) is 15.0 Å². The summed E-state index contributed by atoms with van der Waals surface area (Å²) in [4.78, 5) is 12.6. The van der Waals surface area contributed by atoms with E-state index in [1.165, 1.54) is 0 Å². The topological polar surface area (TPSA) is 57.1 Å². The van der Waals surface area contributed by atoms with Crippen LogP contribution in [0.1, 0.15) is 5.82 Å². The number of aromatic nitrogens is 3. The molecule has 1 aromatic carbocycles. The van der Waals surface area contributed by atoms with Crippen molar-refractivity contribution in [1.29, 1.82) is 0 Å². The fraction of sp³-hybridized carbons (Fsp3) is 0.133. The van der Waals surface area contributed by atoms with Crippen LogP contribution < -0.4 is 4.74 Å². The third-order valence-electron chi connectivity index (χ3n) is 2.79. The van der Waals surface area contributed by atoms with Gasteiger partial charge in [-0.25, -0.2) is 4.98 Å². The summed E-state index contributed by atoms with van der Waals surface area (Å²) in [5, 5.41) is 1.36. The van der Waals surface area contributed by atoms with Gasteiger partial charge < -0.3 is 9.47 Å². The largest absolute Gasteiger partial charge is 0.439 e. The Hall–Kier alpha value is -2.24. The van der Waals surface area contributed by atoms with E-state index in [0.29, 0.717) is 22.6 Å². The van der Waals surface area contributed by atoms with Gasteiger partial charge in [-0.3, -0.25) is 4.98 Å².